The Kier molecular flexibility index (Phi) is 4.43. The van der Waals surface area contributed by atoms with Crippen molar-refractivity contribution < 1.29 is 37.8 Å². The Labute approximate surface area is 99.1 Å². The van der Waals surface area contributed by atoms with Crippen molar-refractivity contribution in [3.8, 4) is 5.75 Å². The molecule has 1 rings (SSSR count). The van der Waals surface area contributed by atoms with Crippen molar-refractivity contribution in [3.05, 3.63) is 29.8 Å². The van der Waals surface area contributed by atoms with Gasteiger partial charge in [-0.1, -0.05) is 26.2 Å². The van der Waals surface area contributed by atoms with Crippen LogP contribution in [0.2, 0.25) is 0 Å². The van der Waals surface area contributed by atoms with Crippen LogP contribution in [0, 0.1) is 6.07 Å². The van der Waals surface area contributed by atoms with Gasteiger partial charge >= 0.3 is 0 Å². The summed E-state index contributed by atoms with van der Waals surface area (Å²) in [5.41, 5.74) is 1.33. The van der Waals surface area contributed by atoms with Gasteiger partial charge in [-0.15, -0.1) is 12.1 Å². The second kappa shape index (κ2) is 4.39. The molecule has 0 atom stereocenters. The minimum Gasteiger partial charge on any atom is -0.534 e. The molecule has 0 amide bonds. The molecule has 1 aromatic rings. The van der Waals surface area contributed by atoms with Gasteiger partial charge in [0.25, 0.3) is 0 Å². The van der Waals surface area contributed by atoms with E-state index in [0.717, 1.165) is 0 Å². The molecule has 0 fully saturated rings. The van der Waals surface area contributed by atoms with E-state index in [4.69, 9.17) is 5.11 Å². The van der Waals surface area contributed by atoms with E-state index in [1.807, 2.05) is 12.1 Å². The van der Waals surface area contributed by atoms with Gasteiger partial charge < -0.3 is 5.11 Å². The van der Waals surface area contributed by atoms with Crippen LogP contribution in [0.3, 0.4) is 0 Å². The molecule has 1 radical (unpaired) electrons. The predicted octanol–water partition coefficient (Wildman–Crippen LogP) is 2.49. The summed E-state index contributed by atoms with van der Waals surface area (Å²) in [5.74, 6) is 0.206. The first-order chi connectivity index (χ1) is 5.00. The van der Waals surface area contributed by atoms with Crippen LogP contribution >= 0.6 is 0 Å². The zero-order chi connectivity index (χ0) is 8.48. The minimum absolute atomic E-state index is 0. The molecule has 63 valence electrons. The van der Waals surface area contributed by atoms with Gasteiger partial charge in [0.05, 0.1) is 0 Å². The van der Waals surface area contributed by atoms with Crippen LogP contribution in [0.4, 0.5) is 0 Å². The number of hydrogen-bond donors (Lipinski definition) is 1. The maximum atomic E-state index is 8.97. The van der Waals surface area contributed by atoms with Gasteiger partial charge in [0.1, 0.15) is 0 Å². The number of hydrogen-bond acceptors (Lipinski definition) is 1. The molecule has 0 aliphatic rings. The second-order valence-electron chi connectivity index (χ2n) is 3.71. The van der Waals surface area contributed by atoms with Crippen molar-refractivity contribution in [1.29, 1.82) is 0 Å². The van der Waals surface area contributed by atoms with Crippen LogP contribution in [0.25, 0.3) is 0 Å². The van der Waals surface area contributed by atoms with Crippen LogP contribution in [0.5, 0.6) is 5.75 Å². The van der Waals surface area contributed by atoms with Crippen molar-refractivity contribution in [2.75, 3.05) is 0 Å². The van der Waals surface area contributed by atoms with Crippen molar-refractivity contribution in [1.82, 2.24) is 0 Å². The van der Waals surface area contributed by atoms with Crippen molar-refractivity contribution in [3.63, 3.8) is 0 Å². The fourth-order valence-electron chi connectivity index (χ4n) is 0.883. The van der Waals surface area contributed by atoms with Gasteiger partial charge in [-0.25, -0.2) is 0 Å². The Hall–Kier alpha value is 0.124. The molecule has 1 aromatic carbocycles. The van der Waals surface area contributed by atoms with Gasteiger partial charge in [-0.3, -0.25) is 0 Å². The molecular weight excluding hydrogens is 225 g/mol. The number of rotatable bonds is 0. The van der Waals surface area contributed by atoms with Crippen molar-refractivity contribution in [2.24, 2.45) is 0 Å². The van der Waals surface area contributed by atoms with Gasteiger partial charge in [0.2, 0.25) is 0 Å². The van der Waals surface area contributed by atoms with Crippen LogP contribution < -0.4 is 0 Å². The molecule has 0 aliphatic heterocycles. The maximum absolute atomic E-state index is 8.97. The van der Waals surface area contributed by atoms with Crippen molar-refractivity contribution in [2.45, 2.75) is 26.2 Å². The van der Waals surface area contributed by atoms with E-state index in [1.165, 1.54) is 5.56 Å². The number of benzene rings is 1. The third-order valence-electron chi connectivity index (χ3n) is 1.66. The molecule has 0 saturated carbocycles. The smallest absolute Gasteiger partial charge is 0.00399 e. The Morgan fingerprint density at radius 3 is 2.17 bits per heavy atom. The third-order valence-corrected chi connectivity index (χ3v) is 1.66. The molecule has 0 heterocycles. The summed E-state index contributed by atoms with van der Waals surface area (Å²) in [6.45, 7) is 6.40. The second-order valence-corrected chi connectivity index (χ2v) is 3.71. The molecule has 0 spiro atoms. The van der Waals surface area contributed by atoms with Crippen LogP contribution in [0.15, 0.2) is 18.2 Å². The summed E-state index contributed by atoms with van der Waals surface area (Å²) in [6.07, 6.45) is 0. The Morgan fingerprint density at radius 2 is 1.83 bits per heavy atom. The van der Waals surface area contributed by atoms with E-state index in [2.05, 4.69) is 26.8 Å². The minimum atomic E-state index is 0. The molecule has 0 unspecified atom stereocenters. The van der Waals surface area contributed by atoms with Crippen molar-refractivity contribution >= 4 is 0 Å². The van der Waals surface area contributed by atoms with E-state index < -0.39 is 0 Å². The van der Waals surface area contributed by atoms with E-state index in [-0.39, 0.29) is 43.9 Å². The van der Waals surface area contributed by atoms with E-state index in [9.17, 15) is 0 Å². The topological polar surface area (TPSA) is 20.2 Å². The summed E-state index contributed by atoms with van der Waals surface area (Å²) >= 11 is 0. The number of phenolic OH excluding ortho intramolecular Hbond substituents is 1. The first-order valence-corrected chi connectivity index (χ1v) is 3.71. The fourth-order valence-corrected chi connectivity index (χ4v) is 0.883. The van der Waals surface area contributed by atoms with Crippen LogP contribution in [0.1, 0.15) is 26.3 Å². The van der Waals surface area contributed by atoms with Crippen LogP contribution in [-0.2, 0) is 38.1 Å². The van der Waals surface area contributed by atoms with E-state index in [1.54, 1.807) is 6.07 Å². The van der Waals surface area contributed by atoms with Gasteiger partial charge in [0, 0.05) is 38.5 Å². The Bertz CT molecular complexity index is 233. The zero-order valence-corrected chi connectivity index (χ0v) is 10.6. The summed E-state index contributed by atoms with van der Waals surface area (Å²) in [5, 5.41) is 8.97. The van der Waals surface area contributed by atoms with E-state index in [0.29, 0.717) is 0 Å². The summed E-state index contributed by atoms with van der Waals surface area (Å²) in [7, 11) is 0. The molecule has 0 bridgehead atoms. The normalized spacial score (nSPS) is 10.6. The largest absolute Gasteiger partial charge is 0.534 e. The average molecular weight is 238 g/mol. The standard InChI is InChI=1S/C10H13O.Y/c1-10(2,3)8-4-6-9(11)7-5-8;/h4-6,11H,1-3H3;/q-1;. The Morgan fingerprint density at radius 1 is 1.25 bits per heavy atom. The summed E-state index contributed by atoms with van der Waals surface area (Å²) in [4.78, 5) is 0. The molecule has 2 heteroatoms. The molecule has 0 aliphatic carbocycles. The monoisotopic (exact) mass is 238 g/mol. The molecule has 1 N–H and O–H groups in total. The molecule has 12 heavy (non-hydrogen) atoms. The molecule has 1 nitrogen and oxygen atoms in total. The number of phenols is 1. The summed E-state index contributed by atoms with van der Waals surface area (Å²) in [6, 6.07) is 8.18. The zero-order valence-electron chi connectivity index (χ0n) is 7.76. The number of aromatic hydroxyl groups is 1. The van der Waals surface area contributed by atoms with Gasteiger partial charge in [-0.2, -0.15) is 17.7 Å². The summed E-state index contributed by atoms with van der Waals surface area (Å²) < 4.78 is 0. The molecule has 0 saturated heterocycles. The first-order valence-electron chi connectivity index (χ1n) is 3.71. The Balaban J connectivity index is 0.00000121. The molecule has 0 aromatic heterocycles. The molecular formula is C10H13OY-. The average Bonchev–Trinajstić information content (AvgIpc) is 1.86. The van der Waals surface area contributed by atoms with Gasteiger partial charge in [-0.05, 0) is 0 Å². The third kappa shape index (κ3) is 3.24. The van der Waals surface area contributed by atoms with Crippen LogP contribution in [-0.4, -0.2) is 5.11 Å². The maximum Gasteiger partial charge on any atom is 0.00399 e. The predicted molar refractivity (Wildman–Crippen MR) is 45.6 cm³/mol. The SMILES string of the molecule is CC(C)(C)c1c[c-]c(O)cc1.[Y]. The first kappa shape index (κ1) is 12.1. The fraction of sp³-hybridized carbons (Fsp3) is 0.400. The van der Waals surface area contributed by atoms with Gasteiger partial charge in [0.15, 0.2) is 0 Å². The van der Waals surface area contributed by atoms with E-state index >= 15 is 0 Å². The quantitative estimate of drug-likeness (QED) is 0.688.